The number of aliphatic hydroxyl groups is 1. The van der Waals surface area contributed by atoms with Gasteiger partial charge in [0, 0.05) is 33.3 Å². The van der Waals surface area contributed by atoms with Gasteiger partial charge in [0.05, 0.1) is 12.2 Å². The minimum Gasteiger partial charge on any atom is -0.466 e. The minimum absolute atomic E-state index is 0.0557. The van der Waals surface area contributed by atoms with Crippen molar-refractivity contribution in [3.05, 3.63) is 47.7 Å². The summed E-state index contributed by atoms with van der Waals surface area (Å²) in [6.07, 6.45) is -2.05. The first-order valence-electron chi connectivity index (χ1n) is 8.34. The van der Waals surface area contributed by atoms with Crippen molar-refractivity contribution in [3.8, 4) is 0 Å². The highest BCUT2D eigenvalue weighted by Crippen LogP contribution is 2.18. The first-order chi connectivity index (χ1) is 13.2. The number of aliphatic hydroxyl groups excluding tert-OH is 1. The lowest BCUT2D eigenvalue weighted by Gasteiger charge is -2.21. The zero-order chi connectivity index (χ0) is 21.1. The summed E-state index contributed by atoms with van der Waals surface area (Å²) >= 11 is 0. The van der Waals surface area contributed by atoms with E-state index in [1.165, 1.54) is 19.1 Å². The molecule has 9 nitrogen and oxygen atoms in total. The smallest absolute Gasteiger partial charge is 0.343 e. The van der Waals surface area contributed by atoms with E-state index in [1.54, 1.807) is 18.2 Å². The Kier molecular flexibility index (Phi) is 9.38. The van der Waals surface area contributed by atoms with E-state index < -0.39 is 36.3 Å². The fraction of sp³-hybridized carbons (Fsp3) is 0.368. The molecule has 0 amide bonds. The van der Waals surface area contributed by atoms with E-state index in [-0.39, 0.29) is 24.4 Å². The number of hydrogen-bond donors (Lipinski definition) is 1. The highest BCUT2D eigenvalue weighted by atomic mass is 16.6. The molecule has 1 N–H and O–H groups in total. The van der Waals surface area contributed by atoms with Crippen LogP contribution < -0.4 is 0 Å². The van der Waals surface area contributed by atoms with Crippen LogP contribution in [0.2, 0.25) is 0 Å². The molecule has 0 aliphatic heterocycles. The molecule has 28 heavy (non-hydrogen) atoms. The van der Waals surface area contributed by atoms with E-state index >= 15 is 0 Å². The fourth-order valence-corrected chi connectivity index (χ4v) is 2.06. The molecule has 0 aliphatic rings. The van der Waals surface area contributed by atoms with E-state index in [0.29, 0.717) is 0 Å². The SMILES string of the molecule is CC(=O)OCCC(OC(C)=O)/C(=C/C(O)OC(C)=O)OC(=O)c1ccccc1. The molecule has 0 spiro atoms. The predicted molar refractivity (Wildman–Crippen MR) is 94.5 cm³/mol. The molecule has 152 valence electrons. The van der Waals surface area contributed by atoms with Gasteiger partial charge in [0.15, 0.2) is 11.9 Å². The highest BCUT2D eigenvalue weighted by Gasteiger charge is 2.25. The second-order valence-corrected chi connectivity index (χ2v) is 5.55. The van der Waals surface area contributed by atoms with Gasteiger partial charge in [-0.25, -0.2) is 4.79 Å². The van der Waals surface area contributed by atoms with Crippen molar-refractivity contribution in [1.82, 2.24) is 0 Å². The van der Waals surface area contributed by atoms with E-state index in [4.69, 9.17) is 14.2 Å². The number of carbonyl (C=O) groups excluding carboxylic acids is 4. The van der Waals surface area contributed by atoms with Gasteiger partial charge in [0.25, 0.3) is 0 Å². The Balaban J connectivity index is 3.10. The van der Waals surface area contributed by atoms with Gasteiger partial charge >= 0.3 is 23.9 Å². The molecule has 2 atom stereocenters. The molecule has 0 heterocycles. The summed E-state index contributed by atoms with van der Waals surface area (Å²) in [7, 11) is 0. The van der Waals surface area contributed by atoms with Crippen molar-refractivity contribution in [2.75, 3.05) is 6.61 Å². The molecule has 0 bridgehead atoms. The lowest BCUT2D eigenvalue weighted by atomic mass is 10.2. The number of rotatable bonds is 9. The monoisotopic (exact) mass is 394 g/mol. The van der Waals surface area contributed by atoms with Gasteiger partial charge in [-0.3, -0.25) is 14.4 Å². The molecular formula is C19H22O9. The summed E-state index contributed by atoms with van der Waals surface area (Å²) < 4.78 is 19.8. The van der Waals surface area contributed by atoms with Gasteiger partial charge < -0.3 is 24.1 Å². The number of esters is 4. The van der Waals surface area contributed by atoms with Crippen molar-refractivity contribution in [3.63, 3.8) is 0 Å². The molecule has 1 aromatic carbocycles. The zero-order valence-electron chi connectivity index (χ0n) is 15.7. The first-order valence-corrected chi connectivity index (χ1v) is 8.34. The van der Waals surface area contributed by atoms with Crippen LogP contribution in [-0.4, -0.2) is 48.0 Å². The largest absolute Gasteiger partial charge is 0.466 e. The van der Waals surface area contributed by atoms with Crippen LogP contribution in [0, 0.1) is 0 Å². The van der Waals surface area contributed by atoms with E-state index in [0.717, 1.165) is 19.9 Å². The topological polar surface area (TPSA) is 125 Å². The van der Waals surface area contributed by atoms with Gasteiger partial charge in [-0.1, -0.05) is 18.2 Å². The maximum Gasteiger partial charge on any atom is 0.343 e. The average molecular weight is 394 g/mol. The maximum atomic E-state index is 12.4. The minimum atomic E-state index is -1.75. The van der Waals surface area contributed by atoms with Gasteiger partial charge in [-0.15, -0.1) is 0 Å². The Bertz CT molecular complexity index is 724. The predicted octanol–water partition coefficient (Wildman–Crippen LogP) is 1.49. The standard InChI is InChI=1S/C19H22O9/c1-12(20)25-10-9-16(26-13(2)21)17(11-18(23)27-14(3)22)28-19(24)15-7-5-4-6-8-15/h4-8,11,16,18,23H,9-10H2,1-3H3/b17-11-. The van der Waals surface area contributed by atoms with Crippen LogP contribution in [-0.2, 0) is 33.3 Å². The van der Waals surface area contributed by atoms with Crippen molar-refractivity contribution in [2.45, 2.75) is 39.6 Å². The fourth-order valence-electron chi connectivity index (χ4n) is 2.06. The lowest BCUT2D eigenvalue weighted by Crippen LogP contribution is -2.26. The summed E-state index contributed by atoms with van der Waals surface area (Å²) in [6, 6.07) is 7.96. The van der Waals surface area contributed by atoms with Crippen molar-refractivity contribution >= 4 is 23.9 Å². The van der Waals surface area contributed by atoms with Gasteiger partial charge in [0.1, 0.15) is 0 Å². The summed E-state index contributed by atoms with van der Waals surface area (Å²) in [5, 5.41) is 9.83. The summed E-state index contributed by atoms with van der Waals surface area (Å²) in [5.74, 6) is -3.08. The summed E-state index contributed by atoms with van der Waals surface area (Å²) in [4.78, 5) is 45.7. The Hall–Kier alpha value is -3.20. The summed E-state index contributed by atoms with van der Waals surface area (Å²) in [5.41, 5.74) is 0.205. The summed E-state index contributed by atoms with van der Waals surface area (Å²) in [6.45, 7) is 3.28. The number of benzene rings is 1. The molecule has 9 heteroatoms. The third-order valence-electron chi connectivity index (χ3n) is 3.12. The molecule has 0 saturated carbocycles. The van der Waals surface area contributed by atoms with Crippen LogP contribution >= 0.6 is 0 Å². The van der Waals surface area contributed by atoms with Crippen molar-refractivity contribution < 1.29 is 43.2 Å². The third kappa shape index (κ3) is 8.95. The molecule has 0 aromatic heterocycles. The molecule has 2 unspecified atom stereocenters. The average Bonchev–Trinajstić information content (AvgIpc) is 2.59. The lowest BCUT2D eigenvalue weighted by molar-refractivity contribution is -0.159. The number of ether oxygens (including phenoxy) is 4. The third-order valence-corrected chi connectivity index (χ3v) is 3.12. The number of hydrogen-bond acceptors (Lipinski definition) is 9. The van der Waals surface area contributed by atoms with Crippen LogP contribution in [0.15, 0.2) is 42.2 Å². The normalized spacial score (nSPS) is 13.1. The second kappa shape index (κ2) is 11.5. The molecular weight excluding hydrogens is 372 g/mol. The Morgan fingerprint density at radius 3 is 2.11 bits per heavy atom. The van der Waals surface area contributed by atoms with Crippen LogP contribution in [0.5, 0.6) is 0 Å². The molecule has 1 aromatic rings. The Labute approximate surface area is 161 Å². The Morgan fingerprint density at radius 2 is 1.57 bits per heavy atom. The number of carbonyl (C=O) groups is 4. The molecule has 0 aliphatic carbocycles. The van der Waals surface area contributed by atoms with Gasteiger partial charge in [0.2, 0.25) is 6.29 Å². The van der Waals surface area contributed by atoms with Crippen LogP contribution in [0.3, 0.4) is 0 Å². The highest BCUT2D eigenvalue weighted by molar-refractivity contribution is 5.90. The quantitative estimate of drug-likeness (QED) is 0.287. The van der Waals surface area contributed by atoms with Crippen molar-refractivity contribution in [1.29, 1.82) is 0 Å². The molecule has 0 saturated heterocycles. The Morgan fingerprint density at radius 1 is 0.964 bits per heavy atom. The van der Waals surface area contributed by atoms with Gasteiger partial charge in [-0.2, -0.15) is 0 Å². The molecule has 0 fully saturated rings. The molecule has 0 radical (unpaired) electrons. The van der Waals surface area contributed by atoms with Crippen LogP contribution in [0.4, 0.5) is 0 Å². The first kappa shape index (κ1) is 22.8. The van der Waals surface area contributed by atoms with Gasteiger partial charge in [-0.05, 0) is 12.1 Å². The van der Waals surface area contributed by atoms with Crippen LogP contribution in [0.25, 0.3) is 0 Å². The zero-order valence-corrected chi connectivity index (χ0v) is 15.7. The second-order valence-electron chi connectivity index (χ2n) is 5.55. The van der Waals surface area contributed by atoms with E-state index in [2.05, 4.69) is 4.74 Å². The van der Waals surface area contributed by atoms with Crippen molar-refractivity contribution in [2.24, 2.45) is 0 Å². The van der Waals surface area contributed by atoms with E-state index in [1.807, 2.05) is 0 Å². The van der Waals surface area contributed by atoms with E-state index in [9.17, 15) is 24.3 Å². The molecule has 1 rings (SSSR count). The maximum absolute atomic E-state index is 12.4. The van der Waals surface area contributed by atoms with Crippen LogP contribution in [0.1, 0.15) is 37.6 Å².